The highest BCUT2D eigenvalue weighted by Crippen LogP contribution is 2.17. The van der Waals surface area contributed by atoms with E-state index < -0.39 is 21.7 Å². The summed E-state index contributed by atoms with van der Waals surface area (Å²) in [6.45, 7) is 4.28. The van der Waals surface area contributed by atoms with Crippen LogP contribution in [0, 0.1) is 5.82 Å². The molecule has 1 N–H and O–H groups in total. The first-order valence-corrected chi connectivity index (χ1v) is 10.1. The molecule has 146 valence electrons. The zero-order valence-electron chi connectivity index (χ0n) is 15.3. The summed E-state index contributed by atoms with van der Waals surface area (Å²) in [4.78, 5) is 12.0. The lowest BCUT2D eigenvalue weighted by Gasteiger charge is -2.18. The largest absolute Gasteiger partial charge is 0.481 e. The predicted molar refractivity (Wildman–Crippen MR) is 100 cm³/mol. The van der Waals surface area contributed by atoms with E-state index in [-0.39, 0.29) is 23.8 Å². The monoisotopic (exact) mass is 394 g/mol. The van der Waals surface area contributed by atoms with E-state index in [1.165, 1.54) is 34.6 Å². The minimum Gasteiger partial charge on any atom is -0.481 e. The number of rotatable bonds is 9. The topological polar surface area (TPSA) is 75.7 Å². The van der Waals surface area contributed by atoms with E-state index in [1.54, 1.807) is 32.0 Å². The van der Waals surface area contributed by atoms with Gasteiger partial charge in [0.2, 0.25) is 10.0 Å². The van der Waals surface area contributed by atoms with Gasteiger partial charge in [0.25, 0.3) is 5.91 Å². The highest BCUT2D eigenvalue weighted by atomic mass is 32.2. The molecular weight excluding hydrogens is 371 g/mol. The van der Waals surface area contributed by atoms with Crippen molar-refractivity contribution in [3.63, 3.8) is 0 Å². The summed E-state index contributed by atoms with van der Waals surface area (Å²) in [6.07, 6.45) is 0. The molecule has 2 aromatic rings. The molecule has 27 heavy (non-hydrogen) atoms. The standard InChI is InChI=1S/C19H23FN2O4S/c1-3-22(4-2)27(24,25)16-11-9-15(10-12-16)13-21-19(23)14-26-18-8-6-5-7-17(18)20/h5-12H,3-4,13-14H2,1-2H3,(H,21,23). The Bertz CT molecular complexity index is 866. The van der Waals surface area contributed by atoms with E-state index >= 15 is 0 Å². The summed E-state index contributed by atoms with van der Waals surface area (Å²) < 4.78 is 44.8. The van der Waals surface area contributed by atoms with Gasteiger partial charge >= 0.3 is 0 Å². The van der Waals surface area contributed by atoms with E-state index in [4.69, 9.17) is 4.74 Å². The van der Waals surface area contributed by atoms with Gasteiger partial charge in [0, 0.05) is 19.6 Å². The fourth-order valence-electron chi connectivity index (χ4n) is 2.45. The number of amides is 1. The van der Waals surface area contributed by atoms with Gasteiger partial charge in [-0.3, -0.25) is 4.79 Å². The molecule has 1 amide bonds. The molecule has 8 heteroatoms. The third kappa shape index (κ3) is 5.51. The van der Waals surface area contributed by atoms with Crippen LogP contribution in [0.2, 0.25) is 0 Å². The number of hydrogen-bond acceptors (Lipinski definition) is 4. The Hall–Kier alpha value is -2.45. The third-order valence-corrected chi connectivity index (χ3v) is 6.02. The number of nitrogens with zero attached hydrogens (tertiary/aromatic N) is 1. The molecule has 0 bridgehead atoms. The molecule has 0 spiro atoms. The van der Waals surface area contributed by atoms with E-state index in [1.807, 2.05) is 0 Å². The molecule has 0 heterocycles. The maximum atomic E-state index is 13.4. The lowest BCUT2D eigenvalue weighted by molar-refractivity contribution is -0.123. The molecule has 0 unspecified atom stereocenters. The van der Waals surface area contributed by atoms with Crippen LogP contribution in [0.3, 0.4) is 0 Å². The first kappa shape index (κ1) is 20.9. The Balaban J connectivity index is 1.89. The Labute approximate surface area is 159 Å². The van der Waals surface area contributed by atoms with Crippen LogP contribution in [-0.4, -0.2) is 38.3 Å². The number of para-hydroxylation sites is 1. The van der Waals surface area contributed by atoms with Gasteiger partial charge in [-0.2, -0.15) is 4.31 Å². The third-order valence-electron chi connectivity index (χ3n) is 3.95. The van der Waals surface area contributed by atoms with E-state index in [0.717, 1.165) is 5.56 Å². The van der Waals surface area contributed by atoms with Crippen molar-refractivity contribution in [3.05, 3.63) is 59.9 Å². The fraction of sp³-hybridized carbons (Fsp3) is 0.316. The van der Waals surface area contributed by atoms with Crippen LogP contribution in [0.1, 0.15) is 19.4 Å². The second-order valence-corrected chi connectivity index (χ2v) is 7.67. The SMILES string of the molecule is CCN(CC)S(=O)(=O)c1ccc(CNC(=O)COc2ccccc2F)cc1. The lowest BCUT2D eigenvalue weighted by atomic mass is 10.2. The molecule has 2 aromatic carbocycles. The Morgan fingerprint density at radius 3 is 2.30 bits per heavy atom. The van der Waals surface area contributed by atoms with Gasteiger partial charge in [-0.1, -0.05) is 38.1 Å². The van der Waals surface area contributed by atoms with Gasteiger partial charge in [-0.25, -0.2) is 12.8 Å². The predicted octanol–water partition coefficient (Wildman–Crippen LogP) is 2.55. The van der Waals surface area contributed by atoms with E-state index in [0.29, 0.717) is 13.1 Å². The van der Waals surface area contributed by atoms with Crippen molar-refractivity contribution in [1.82, 2.24) is 9.62 Å². The average Bonchev–Trinajstić information content (AvgIpc) is 2.67. The number of hydrogen-bond donors (Lipinski definition) is 1. The lowest BCUT2D eigenvalue weighted by Crippen LogP contribution is -2.30. The second-order valence-electron chi connectivity index (χ2n) is 5.73. The molecule has 0 fully saturated rings. The minimum atomic E-state index is -3.50. The van der Waals surface area contributed by atoms with Crippen molar-refractivity contribution in [3.8, 4) is 5.75 Å². The van der Waals surface area contributed by atoms with Crippen molar-refractivity contribution in [2.45, 2.75) is 25.3 Å². The van der Waals surface area contributed by atoms with Crippen molar-refractivity contribution in [2.75, 3.05) is 19.7 Å². The first-order chi connectivity index (χ1) is 12.9. The van der Waals surface area contributed by atoms with Gasteiger partial charge in [0.15, 0.2) is 18.2 Å². The second kappa shape index (κ2) is 9.48. The van der Waals surface area contributed by atoms with Crippen LogP contribution in [0.4, 0.5) is 4.39 Å². The maximum Gasteiger partial charge on any atom is 0.258 e. The molecule has 0 saturated heterocycles. The number of sulfonamides is 1. The minimum absolute atomic E-state index is 0.0126. The van der Waals surface area contributed by atoms with Crippen LogP contribution in [0.5, 0.6) is 5.75 Å². The van der Waals surface area contributed by atoms with Crippen LogP contribution >= 0.6 is 0 Å². The van der Waals surface area contributed by atoms with Crippen molar-refractivity contribution in [2.24, 2.45) is 0 Å². The van der Waals surface area contributed by atoms with Crippen molar-refractivity contribution < 1.29 is 22.3 Å². The molecule has 0 saturated carbocycles. The van der Waals surface area contributed by atoms with Gasteiger partial charge in [0.05, 0.1) is 4.90 Å². The number of carbonyl (C=O) groups excluding carboxylic acids is 1. The highest BCUT2D eigenvalue weighted by Gasteiger charge is 2.21. The summed E-state index contributed by atoms with van der Waals surface area (Å²) in [5.41, 5.74) is 0.743. The molecule has 0 aromatic heterocycles. The molecule has 0 aliphatic heterocycles. The van der Waals surface area contributed by atoms with Gasteiger partial charge in [-0.05, 0) is 29.8 Å². The zero-order chi connectivity index (χ0) is 19.9. The molecular formula is C19H23FN2O4S. The summed E-state index contributed by atoms with van der Waals surface area (Å²) in [5, 5.41) is 2.65. The average molecular weight is 394 g/mol. The molecule has 0 radical (unpaired) electrons. The summed E-state index contributed by atoms with van der Waals surface area (Å²) >= 11 is 0. The van der Waals surface area contributed by atoms with Crippen LogP contribution < -0.4 is 10.1 Å². The number of ether oxygens (including phenoxy) is 1. The first-order valence-electron chi connectivity index (χ1n) is 8.61. The van der Waals surface area contributed by atoms with Crippen LogP contribution in [-0.2, 0) is 21.4 Å². The summed E-state index contributed by atoms with van der Waals surface area (Å²) in [6, 6.07) is 12.2. The number of halogens is 1. The quantitative estimate of drug-likeness (QED) is 0.709. The summed E-state index contributed by atoms with van der Waals surface area (Å²) in [7, 11) is -3.50. The smallest absolute Gasteiger partial charge is 0.258 e. The normalized spacial score (nSPS) is 11.4. The van der Waals surface area contributed by atoms with Crippen molar-refractivity contribution in [1.29, 1.82) is 0 Å². The highest BCUT2D eigenvalue weighted by molar-refractivity contribution is 7.89. The van der Waals surface area contributed by atoms with E-state index in [9.17, 15) is 17.6 Å². The van der Waals surface area contributed by atoms with Crippen LogP contribution in [0.25, 0.3) is 0 Å². The number of nitrogens with one attached hydrogen (secondary N) is 1. The molecule has 0 aliphatic carbocycles. The van der Waals surface area contributed by atoms with Crippen molar-refractivity contribution >= 4 is 15.9 Å². The Morgan fingerprint density at radius 2 is 1.70 bits per heavy atom. The molecule has 6 nitrogen and oxygen atoms in total. The molecule has 2 rings (SSSR count). The zero-order valence-corrected chi connectivity index (χ0v) is 16.1. The van der Waals surface area contributed by atoms with Gasteiger partial charge in [0.1, 0.15) is 0 Å². The number of benzene rings is 2. The number of carbonyl (C=O) groups is 1. The fourth-order valence-corrected chi connectivity index (χ4v) is 3.91. The Kier molecular flexibility index (Phi) is 7.32. The maximum absolute atomic E-state index is 13.4. The van der Waals surface area contributed by atoms with Gasteiger partial charge in [-0.15, -0.1) is 0 Å². The van der Waals surface area contributed by atoms with E-state index in [2.05, 4.69) is 5.32 Å². The molecule has 0 atom stereocenters. The summed E-state index contributed by atoms with van der Waals surface area (Å²) in [5.74, 6) is -0.924. The van der Waals surface area contributed by atoms with Crippen LogP contribution in [0.15, 0.2) is 53.4 Å². The molecule has 0 aliphatic rings. The Morgan fingerprint density at radius 1 is 1.07 bits per heavy atom. The van der Waals surface area contributed by atoms with Gasteiger partial charge < -0.3 is 10.1 Å².